The number of carbonyl (C=O) groups is 2. The van der Waals surface area contributed by atoms with E-state index < -0.39 is 17.9 Å². The van der Waals surface area contributed by atoms with E-state index in [2.05, 4.69) is 33.7 Å². The van der Waals surface area contributed by atoms with Gasteiger partial charge >= 0.3 is 0 Å². The molecule has 0 spiro atoms. The first-order valence-electron chi connectivity index (χ1n) is 8.73. The number of carbonyl (C=O) groups excluding carboxylic acids is 2. The van der Waals surface area contributed by atoms with Crippen LogP contribution in [0.2, 0.25) is 0 Å². The quantitative estimate of drug-likeness (QED) is 0.603. The Morgan fingerprint density at radius 2 is 1.75 bits per heavy atom. The predicted molar refractivity (Wildman–Crippen MR) is 108 cm³/mol. The molecule has 0 aliphatic heterocycles. The van der Waals surface area contributed by atoms with Crippen LogP contribution in [0.15, 0.2) is 46.9 Å². The van der Waals surface area contributed by atoms with E-state index >= 15 is 0 Å². The molecule has 2 N–H and O–H groups in total. The van der Waals surface area contributed by atoms with E-state index in [1.165, 1.54) is 0 Å². The van der Waals surface area contributed by atoms with Gasteiger partial charge < -0.3 is 14.2 Å². The van der Waals surface area contributed by atoms with Crippen molar-refractivity contribution in [1.82, 2.24) is 10.9 Å². The lowest BCUT2D eigenvalue weighted by atomic mass is 10.2. The maximum atomic E-state index is 12.1. The molecular weight excluding hydrogens is 428 g/mol. The van der Waals surface area contributed by atoms with Crippen LogP contribution in [0.4, 0.5) is 0 Å². The summed E-state index contributed by atoms with van der Waals surface area (Å²) < 4.78 is 16.8. The number of rotatable bonds is 8. The van der Waals surface area contributed by atoms with Crippen LogP contribution in [-0.4, -0.2) is 31.6 Å². The molecule has 2 amide bonds. The van der Waals surface area contributed by atoms with E-state index in [9.17, 15) is 9.59 Å². The first kappa shape index (κ1) is 21.6. The summed E-state index contributed by atoms with van der Waals surface area (Å²) in [7, 11) is 1.57. The third kappa shape index (κ3) is 6.45. The van der Waals surface area contributed by atoms with Crippen LogP contribution in [0.1, 0.15) is 19.4 Å². The van der Waals surface area contributed by atoms with Crippen molar-refractivity contribution in [3.8, 4) is 17.2 Å². The molecule has 2 aromatic rings. The second-order valence-corrected chi connectivity index (χ2v) is 6.73. The maximum absolute atomic E-state index is 12.1. The molecule has 2 aromatic carbocycles. The van der Waals surface area contributed by atoms with Crippen molar-refractivity contribution in [1.29, 1.82) is 0 Å². The van der Waals surface area contributed by atoms with Crippen LogP contribution in [-0.2, 0) is 16.0 Å². The van der Waals surface area contributed by atoms with Crippen LogP contribution in [0.5, 0.6) is 17.2 Å². The minimum Gasteiger partial charge on any atom is -0.497 e. The van der Waals surface area contributed by atoms with Gasteiger partial charge in [-0.15, -0.1) is 0 Å². The van der Waals surface area contributed by atoms with Gasteiger partial charge in [0.2, 0.25) is 0 Å². The van der Waals surface area contributed by atoms with Crippen molar-refractivity contribution < 1.29 is 23.8 Å². The van der Waals surface area contributed by atoms with Gasteiger partial charge in [0, 0.05) is 0 Å². The lowest BCUT2D eigenvalue weighted by Crippen LogP contribution is -2.48. The molecular formula is C20H23BrN2O5. The molecule has 1 atom stereocenters. The second kappa shape index (κ2) is 10.6. The largest absolute Gasteiger partial charge is 0.497 e. The molecule has 0 heterocycles. The Hall–Kier alpha value is -2.74. The Kier molecular flexibility index (Phi) is 8.13. The number of benzene rings is 2. The Bertz CT molecular complexity index is 811. The van der Waals surface area contributed by atoms with Crippen LogP contribution in [0.3, 0.4) is 0 Å². The van der Waals surface area contributed by atoms with E-state index in [0.717, 1.165) is 16.5 Å². The fourth-order valence-corrected chi connectivity index (χ4v) is 2.75. The average Bonchev–Trinajstić information content (AvgIpc) is 2.71. The summed E-state index contributed by atoms with van der Waals surface area (Å²) in [5.41, 5.74) is 5.77. The van der Waals surface area contributed by atoms with Crippen molar-refractivity contribution in [2.45, 2.75) is 26.4 Å². The van der Waals surface area contributed by atoms with Crippen molar-refractivity contribution in [3.63, 3.8) is 0 Å². The van der Waals surface area contributed by atoms with Crippen LogP contribution >= 0.6 is 15.9 Å². The fraction of sp³-hybridized carbons (Fsp3) is 0.300. The molecule has 1 unspecified atom stereocenters. The van der Waals surface area contributed by atoms with E-state index in [0.29, 0.717) is 17.2 Å². The monoisotopic (exact) mass is 450 g/mol. The zero-order chi connectivity index (χ0) is 20.5. The second-order valence-electron chi connectivity index (χ2n) is 5.88. The zero-order valence-corrected chi connectivity index (χ0v) is 17.5. The predicted octanol–water partition coefficient (Wildman–Crippen LogP) is 3.01. The summed E-state index contributed by atoms with van der Waals surface area (Å²) in [5, 5.41) is 0. The standard InChI is InChI=1S/C20H23BrN2O5/c1-4-14-5-10-18(17(21)11-14)27-12-19(24)22-23-20(25)13(2)28-16-8-6-15(26-3)7-9-16/h5-11,13H,4,12H2,1-3H3,(H,22,24)(H,23,25). The summed E-state index contributed by atoms with van der Waals surface area (Å²) in [6.07, 6.45) is 0.104. The van der Waals surface area contributed by atoms with Crippen LogP contribution < -0.4 is 25.1 Å². The van der Waals surface area contributed by atoms with Crippen molar-refractivity contribution in [3.05, 3.63) is 52.5 Å². The molecule has 7 nitrogen and oxygen atoms in total. The molecule has 0 saturated heterocycles. The number of nitrogens with one attached hydrogen (secondary N) is 2. The average molecular weight is 451 g/mol. The number of methoxy groups -OCH3 is 1. The van der Waals surface area contributed by atoms with E-state index in [1.807, 2.05) is 12.1 Å². The highest BCUT2D eigenvalue weighted by Gasteiger charge is 2.16. The molecule has 28 heavy (non-hydrogen) atoms. The minimum atomic E-state index is -0.801. The first-order chi connectivity index (χ1) is 13.4. The van der Waals surface area contributed by atoms with E-state index in [-0.39, 0.29) is 6.61 Å². The third-order valence-corrected chi connectivity index (χ3v) is 4.45. The fourth-order valence-electron chi connectivity index (χ4n) is 2.21. The van der Waals surface area contributed by atoms with Gasteiger partial charge in [0.05, 0.1) is 11.6 Å². The molecule has 0 radical (unpaired) electrons. The number of ether oxygens (including phenoxy) is 3. The molecule has 0 bridgehead atoms. The summed E-state index contributed by atoms with van der Waals surface area (Å²) in [4.78, 5) is 23.9. The molecule has 0 aliphatic carbocycles. The summed E-state index contributed by atoms with van der Waals surface area (Å²) in [6, 6.07) is 12.5. The minimum absolute atomic E-state index is 0.238. The lowest BCUT2D eigenvalue weighted by molar-refractivity contribution is -0.133. The molecule has 0 aliphatic rings. The Balaban J connectivity index is 1.75. The van der Waals surface area contributed by atoms with Gasteiger partial charge in [-0.3, -0.25) is 20.4 Å². The van der Waals surface area contributed by atoms with Gasteiger partial charge in [-0.1, -0.05) is 13.0 Å². The van der Waals surface area contributed by atoms with Gasteiger partial charge in [-0.05, 0) is 71.2 Å². The Labute approximate surface area is 172 Å². The number of amides is 2. The van der Waals surface area contributed by atoms with Crippen LogP contribution in [0.25, 0.3) is 0 Å². The Morgan fingerprint density at radius 3 is 2.36 bits per heavy atom. The van der Waals surface area contributed by atoms with Crippen molar-refractivity contribution in [2.24, 2.45) is 0 Å². The number of halogens is 1. The molecule has 8 heteroatoms. The lowest BCUT2D eigenvalue weighted by Gasteiger charge is -2.15. The van der Waals surface area contributed by atoms with Gasteiger partial charge in [-0.25, -0.2) is 0 Å². The van der Waals surface area contributed by atoms with E-state index in [1.54, 1.807) is 44.4 Å². The summed E-state index contributed by atoms with van der Waals surface area (Å²) >= 11 is 3.41. The first-order valence-corrected chi connectivity index (χ1v) is 9.52. The highest BCUT2D eigenvalue weighted by molar-refractivity contribution is 9.10. The summed E-state index contributed by atoms with van der Waals surface area (Å²) in [6.45, 7) is 3.39. The molecule has 0 saturated carbocycles. The smallest absolute Gasteiger partial charge is 0.279 e. The normalized spacial score (nSPS) is 11.3. The molecule has 150 valence electrons. The molecule has 0 aromatic heterocycles. The van der Waals surface area contributed by atoms with Crippen molar-refractivity contribution >= 4 is 27.7 Å². The SMILES string of the molecule is CCc1ccc(OCC(=O)NNC(=O)C(C)Oc2ccc(OC)cc2)c(Br)c1. The number of hydrogen-bond donors (Lipinski definition) is 2. The number of hydrogen-bond acceptors (Lipinski definition) is 5. The highest BCUT2D eigenvalue weighted by atomic mass is 79.9. The molecule has 0 fully saturated rings. The molecule has 2 rings (SSSR count). The number of hydrazine groups is 1. The summed E-state index contributed by atoms with van der Waals surface area (Å²) in [5.74, 6) is 0.773. The van der Waals surface area contributed by atoms with E-state index in [4.69, 9.17) is 14.2 Å². The third-order valence-electron chi connectivity index (χ3n) is 3.83. The van der Waals surface area contributed by atoms with Crippen LogP contribution in [0, 0.1) is 0 Å². The van der Waals surface area contributed by atoms with Crippen molar-refractivity contribution in [2.75, 3.05) is 13.7 Å². The number of aryl methyl sites for hydroxylation is 1. The maximum Gasteiger partial charge on any atom is 0.279 e. The highest BCUT2D eigenvalue weighted by Crippen LogP contribution is 2.26. The zero-order valence-electron chi connectivity index (χ0n) is 16.0. The van der Waals surface area contributed by atoms with Gasteiger partial charge in [0.25, 0.3) is 11.8 Å². The van der Waals surface area contributed by atoms with Gasteiger partial charge in [-0.2, -0.15) is 0 Å². The Morgan fingerprint density at radius 1 is 1.07 bits per heavy atom. The van der Waals surface area contributed by atoms with Gasteiger partial charge in [0.15, 0.2) is 12.7 Å². The van der Waals surface area contributed by atoms with Gasteiger partial charge in [0.1, 0.15) is 17.2 Å². The topological polar surface area (TPSA) is 85.9 Å².